The molecular formula is C26H32BF2NOS3. The first kappa shape index (κ1) is 25.3. The Bertz CT molecular complexity index is 1200. The highest BCUT2D eigenvalue weighted by Gasteiger charge is 2.49. The van der Waals surface area contributed by atoms with Crippen LogP contribution in [0.3, 0.4) is 0 Å². The van der Waals surface area contributed by atoms with E-state index < -0.39 is 7.04 Å². The molecule has 34 heavy (non-hydrogen) atoms. The van der Waals surface area contributed by atoms with Gasteiger partial charge in [-0.05, 0) is 57.9 Å². The number of allylic oxidation sites excluding steroid dienone is 1. The maximum Gasteiger partial charge on any atom is 0.828 e. The fourth-order valence-electron chi connectivity index (χ4n) is 4.59. The van der Waals surface area contributed by atoms with Crippen LogP contribution in [0.5, 0.6) is 0 Å². The van der Waals surface area contributed by atoms with E-state index in [9.17, 15) is 0 Å². The molecule has 0 radical (unpaired) electrons. The lowest BCUT2D eigenvalue weighted by Gasteiger charge is -2.29. The predicted molar refractivity (Wildman–Crippen MR) is 147 cm³/mol. The van der Waals surface area contributed by atoms with Gasteiger partial charge in [0, 0.05) is 54.9 Å². The normalized spacial score (nSPS) is 15.6. The van der Waals surface area contributed by atoms with Gasteiger partial charge < -0.3 is 17.8 Å². The Hall–Kier alpha value is -1.77. The second kappa shape index (κ2) is 10.1. The molecule has 182 valence electrons. The van der Waals surface area contributed by atoms with Gasteiger partial charge in [-0.3, -0.25) is 0 Å². The second-order valence-corrected chi connectivity index (χ2v) is 13.1. The van der Waals surface area contributed by atoms with E-state index in [-0.39, 0.29) is 5.76 Å². The third kappa shape index (κ3) is 5.09. The van der Waals surface area contributed by atoms with Crippen molar-refractivity contribution in [2.75, 3.05) is 6.54 Å². The van der Waals surface area contributed by atoms with Crippen molar-refractivity contribution in [3.63, 3.8) is 0 Å². The number of hydrogen-bond acceptors (Lipinski definition) is 4. The molecule has 0 atom stereocenters. The fourth-order valence-corrected chi connectivity index (χ4v) is 7.73. The Morgan fingerprint density at radius 2 is 1.47 bits per heavy atom. The van der Waals surface area contributed by atoms with Gasteiger partial charge in [0.25, 0.3) is 0 Å². The Morgan fingerprint density at radius 3 is 2.03 bits per heavy atom. The van der Waals surface area contributed by atoms with E-state index in [0.29, 0.717) is 12.3 Å². The predicted octanol–water partition coefficient (Wildman–Crippen LogP) is 9.24. The standard InChI is InChI=1S/C26H32BF2NOS3/c1-7-8-9-10-11-30-16(2)12-24(31-27(30,28)29)25-15-23(21-13-17(3)32-19(21)5)26(34-25)22-14-18(4)33-20(22)6/h12-15H,7-11H2,1-6H3. The summed E-state index contributed by atoms with van der Waals surface area (Å²) in [4.78, 5) is 6.85. The minimum Gasteiger partial charge on any atom is -0.599 e. The van der Waals surface area contributed by atoms with E-state index in [1.807, 2.05) is 6.07 Å². The van der Waals surface area contributed by atoms with E-state index in [1.165, 1.54) is 30.6 Å². The first-order valence-electron chi connectivity index (χ1n) is 11.9. The van der Waals surface area contributed by atoms with E-state index >= 15 is 8.63 Å². The van der Waals surface area contributed by atoms with Gasteiger partial charge >= 0.3 is 7.04 Å². The summed E-state index contributed by atoms with van der Waals surface area (Å²) < 4.78 is 36.9. The van der Waals surface area contributed by atoms with Crippen molar-refractivity contribution < 1.29 is 17.8 Å². The molecular weight excluding hydrogens is 487 g/mol. The molecule has 0 spiro atoms. The number of halogens is 2. The number of rotatable bonds is 8. The summed E-state index contributed by atoms with van der Waals surface area (Å²) in [6.45, 7) is 12.7. The van der Waals surface area contributed by atoms with Crippen LogP contribution in [0.2, 0.25) is 0 Å². The van der Waals surface area contributed by atoms with Crippen molar-refractivity contribution in [3.8, 4) is 21.6 Å². The van der Waals surface area contributed by atoms with Crippen LogP contribution in [0.15, 0.2) is 24.3 Å². The highest BCUT2D eigenvalue weighted by atomic mass is 32.1. The van der Waals surface area contributed by atoms with Crippen molar-refractivity contribution in [3.05, 3.63) is 48.7 Å². The fraction of sp³-hybridized carbons (Fsp3) is 0.423. The van der Waals surface area contributed by atoms with Gasteiger partial charge in [-0.1, -0.05) is 19.8 Å². The Kier molecular flexibility index (Phi) is 7.51. The molecule has 0 saturated carbocycles. The summed E-state index contributed by atoms with van der Waals surface area (Å²) in [6.07, 6.45) is 5.64. The van der Waals surface area contributed by atoms with Crippen LogP contribution >= 0.6 is 34.0 Å². The third-order valence-corrected chi connectivity index (χ3v) is 9.38. The Labute approximate surface area is 213 Å². The average Bonchev–Trinajstić information content (AvgIpc) is 3.42. The maximum atomic E-state index is 15.2. The summed E-state index contributed by atoms with van der Waals surface area (Å²) in [7, 11) is -4.11. The van der Waals surface area contributed by atoms with Crippen molar-refractivity contribution in [1.82, 2.24) is 0 Å². The molecule has 1 aliphatic rings. The van der Waals surface area contributed by atoms with Crippen molar-refractivity contribution in [2.24, 2.45) is 0 Å². The lowest BCUT2D eigenvalue weighted by Crippen LogP contribution is -2.47. The SMILES string of the molecule is CCCCCC[N+]1=C(C)C=C(c2cc(-c3cc(C)sc3C)c(-c3cc(C)sc3C)s2)O[B-]1(F)F. The summed E-state index contributed by atoms with van der Waals surface area (Å²) in [5.41, 5.74) is 4.03. The van der Waals surface area contributed by atoms with Crippen LogP contribution in [0.4, 0.5) is 8.63 Å². The van der Waals surface area contributed by atoms with Crippen LogP contribution in [0.1, 0.15) is 63.9 Å². The summed E-state index contributed by atoms with van der Waals surface area (Å²) >= 11 is 5.09. The summed E-state index contributed by atoms with van der Waals surface area (Å²) in [6, 6.07) is 6.45. The molecule has 4 rings (SSSR count). The van der Waals surface area contributed by atoms with Gasteiger partial charge in [-0.25, -0.2) is 0 Å². The number of nitrogens with zero attached hydrogens (tertiary/aromatic N) is 1. The molecule has 3 aromatic heterocycles. The summed E-state index contributed by atoms with van der Waals surface area (Å²) in [5, 5.41) is 0. The van der Waals surface area contributed by atoms with Crippen molar-refractivity contribution >= 4 is 52.5 Å². The molecule has 0 aromatic carbocycles. The van der Waals surface area contributed by atoms with Crippen LogP contribution < -0.4 is 0 Å². The molecule has 0 amide bonds. The van der Waals surface area contributed by atoms with E-state index in [4.69, 9.17) is 4.65 Å². The van der Waals surface area contributed by atoms with Crippen LogP contribution in [0.25, 0.3) is 27.3 Å². The van der Waals surface area contributed by atoms with E-state index in [2.05, 4.69) is 46.8 Å². The first-order chi connectivity index (χ1) is 16.1. The zero-order valence-corrected chi connectivity index (χ0v) is 23.2. The molecule has 2 nitrogen and oxygen atoms in total. The molecule has 1 aliphatic heterocycles. The largest absolute Gasteiger partial charge is 0.828 e. The van der Waals surface area contributed by atoms with Gasteiger partial charge in [0.1, 0.15) is 18.0 Å². The van der Waals surface area contributed by atoms with Gasteiger partial charge in [0.2, 0.25) is 0 Å². The molecule has 4 heterocycles. The maximum absolute atomic E-state index is 15.2. The number of unbranched alkanes of at least 4 members (excludes halogenated alkanes) is 3. The molecule has 0 bridgehead atoms. The molecule has 0 unspecified atom stereocenters. The topological polar surface area (TPSA) is 12.2 Å². The van der Waals surface area contributed by atoms with Crippen molar-refractivity contribution in [1.29, 1.82) is 0 Å². The third-order valence-electron chi connectivity index (χ3n) is 6.27. The zero-order valence-electron chi connectivity index (χ0n) is 20.8. The minimum atomic E-state index is -4.11. The number of thiophene rings is 3. The number of aryl methyl sites for hydroxylation is 4. The second-order valence-electron chi connectivity index (χ2n) is 9.09. The smallest absolute Gasteiger partial charge is 0.599 e. The lowest BCUT2D eigenvalue weighted by atomic mass is 9.98. The average molecular weight is 520 g/mol. The highest BCUT2D eigenvalue weighted by molar-refractivity contribution is 7.18. The molecule has 0 fully saturated rings. The molecule has 0 N–H and O–H groups in total. The van der Waals surface area contributed by atoms with Gasteiger partial charge in [-0.15, -0.1) is 34.0 Å². The quantitative estimate of drug-likeness (QED) is 0.213. The minimum absolute atomic E-state index is 0.277. The van der Waals surface area contributed by atoms with Crippen LogP contribution in [-0.2, 0) is 4.65 Å². The van der Waals surface area contributed by atoms with Crippen molar-refractivity contribution in [2.45, 2.75) is 67.2 Å². The van der Waals surface area contributed by atoms with Crippen LogP contribution in [0, 0.1) is 27.7 Å². The molecule has 0 saturated heterocycles. The van der Waals surface area contributed by atoms with Gasteiger partial charge in [-0.2, -0.15) is 0 Å². The molecule has 3 aromatic rings. The first-order valence-corrected chi connectivity index (χ1v) is 14.4. The van der Waals surface area contributed by atoms with Gasteiger partial charge in [0.15, 0.2) is 0 Å². The van der Waals surface area contributed by atoms with Gasteiger partial charge in [0.05, 0.1) is 4.88 Å². The Balaban J connectivity index is 1.78. The monoisotopic (exact) mass is 519 g/mol. The summed E-state index contributed by atoms with van der Waals surface area (Å²) in [5.74, 6) is 0.277. The molecule has 0 aliphatic carbocycles. The van der Waals surface area contributed by atoms with E-state index in [0.717, 1.165) is 45.5 Å². The lowest BCUT2D eigenvalue weighted by molar-refractivity contribution is -0.442. The highest BCUT2D eigenvalue weighted by Crippen LogP contribution is 2.47. The molecule has 8 heteroatoms. The van der Waals surface area contributed by atoms with Crippen LogP contribution in [-0.4, -0.2) is 23.8 Å². The Morgan fingerprint density at radius 1 is 0.824 bits per heavy atom. The zero-order chi connectivity index (χ0) is 24.6. The number of hydrogen-bond donors (Lipinski definition) is 0. The van der Waals surface area contributed by atoms with E-state index in [1.54, 1.807) is 47.0 Å².